The molecular weight excluding hydrogens is 214 g/mol. The molecular formula is C12H23N5. The molecule has 96 valence electrons. The summed E-state index contributed by atoms with van der Waals surface area (Å²) in [7, 11) is 1.82. The van der Waals surface area contributed by atoms with Crippen molar-refractivity contribution < 1.29 is 0 Å². The van der Waals surface area contributed by atoms with Crippen LogP contribution in [-0.2, 0) is 0 Å². The van der Waals surface area contributed by atoms with Crippen molar-refractivity contribution in [1.29, 1.82) is 0 Å². The van der Waals surface area contributed by atoms with E-state index in [-0.39, 0.29) is 5.95 Å². The van der Waals surface area contributed by atoms with Crippen molar-refractivity contribution >= 4 is 17.6 Å². The zero-order valence-electron chi connectivity index (χ0n) is 11.1. The van der Waals surface area contributed by atoms with Gasteiger partial charge >= 0.3 is 0 Å². The molecule has 0 saturated heterocycles. The van der Waals surface area contributed by atoms with E-state index in [1.807, 2.05) is 13.1 Å². The lowest BCUT2D eigenvalue weighted by molar-refractivity contribution is 0.437. The smallest absolute Gasteiger partial charge is 0.223 e. The first-order valence-electron chi connectivity index (χ1n) is 6.19. The van der Waals surface area contributed by atoms with Gasteiger partial charge in [0.05, 0.1) is 0 Å². The van der Waals surface area contributed by atoms with Crippen LogP contribution >= 0.6 is 0 Å². The van der Waals surface area contributed by atoms with E-state index in [0.29, 0.717) is 12.0 Å². The van der Waals surface area contributed by atoms with Gasteiger partial charge in [-0.15, -0.1) is 0 Å². The van der Waals surface area contributed by atoms with E-state index >= 15 is 0 Å². The van der Waals surface area contributed by atoms with Crippen molar-refractivity contribution in [3.63, 3.8) is 0 Å². The van der Waals surface area contributed by atoms with Crippen molar-refractivity contribution in [2.75, 3.05) is 23.4 Å². The third-order valence-corrected chi connectivity index (χ3v) is 3.13. The van der Waals surface area contributed by atoms with E-state index < -0.39 is 0 Å². The molecule has 5 heteroatoms. The first-order valence-corrected chi connectivity index (χ1v) is 6.19. The predicted octanol–water partition coefficient (Wildman–Crippen LogP) is 2.34. The van der Waals surface area contributed by atoms with Crippen LogP contribution in [0.15, 0.2) is 6.07 Å². The predicted molar refractivity (Wildman–Crippen MR) is 73.1 cm³/mol. The summed E-state index contributed by atoms with van der Waals surface area (Å²) in [5.41, 5.74) is 5.65. The van der Waals surface area contributed by atoms with Crippen LogP contribution in [0.4, 0.5) is 17.6 Å². The molecule has 0 aliphatic carbocycles. The van der Waals surface area contributed by atoms with Crippen LogP contribution in [0.5, 0.6) is 0 Å². The highest BCUT2D eigenvalue weighted by molar-refractivity contribution is 5.51. The number of hydrogen-bond acceptors (Lipinski definition) is 5. The zero-order valence-corrected chi connectivity index (χ0v) is 11.1. The van der Waals surface area contributed by atoms with Gasteiger partial charge in [0.2, 0.25) is 5.95 Å². The number of nitrogen functional groups attached to an aromatic ring is 1. The molecule has 1 heterocycles. The lowest BCUT2D eigenvalue weighted by Crippen LogP contribution is -2.25. The number of anilines is 3. The van der Waals surface area contributed by atoms with Crippen LogP contribution in [0, 0.1) is 5.92 Å². The highest BCUT2D eigenvalue weighted by Gasteiger charge is 2.14. The van der Waals surface area contributed by atoms with Crippen LogP contribution in [0.3, 0.4) is 0 Å². The van der Waals surface area contributed by atoms with Crippen molar-refractivity contribution in [2.45, 2.75) is 39.7 Å². The van der Waals surface area contributed by atoms with Crippen molar-refractivity contribution in [1.82, 2.24) is 9.97 Å². The Morgan fingerprint density at radius 1 is 1.24 bits per heavy atom. The van der Waals surface area contributed by atoms with Gasteiger partial charge in [0.1, 0.15) is 11.6 Å². The van der Waals surface area contributed by atoms with Gasteiger partial charge < -0.3 is 16.4 Å². The van der Waals surface area contributed by atoms with Gasteiger partial charge in [-0.3, -0.25) is 0 Å². The molecule has 1 unspecified atom stereocenters. The molecule has 0 aromatic carbocycles. The van der Waals surface area contributed by atoms with Gasteiger partial charge in [-0.2, -0.15) is 9.97 Å². The van der Waals surface area contributed by atoms with Gasteiger partial charge in [0.25, 0.3) is 0 Å². The van der Waals surface area contributed by atoms with Gasteiger partial charge in [-0.1, -0.05) is 26.7 Å². The molecule has 4 N–H and O–H groups in total. The molecule has 1 rings (SSSR count). The Balaban J connectivity index is 2.76. The van der Waals surface area contributed by atoms with E-state index in [1.54, 1.807) is 0 Å². The lowest BCUT2D eigenvalue weighted by Gasteiger charge is -2.23. The Morgan fingerprint density at radius 2 is 1.82 bits per heavy atom. The van der Waals surface area contributed by atoms with Crippen LogP contribution in [0.25, 0.3) is 0 Å². The molecule has 17 heavy (non-hydrogen) atoms. The molecule has 0 aliphatic heterocycles. The average molecular weight is 237 g/mol. The second-order valence-corrected chi connectivity index (χ2v) is 4.26. The Bertz CT molecular complexity index is 349. The minimum absolute atomic E-state index is 0.288. The number of aromatic nitrogens is 2. The minimum Gasteiger partial charge on any atom is -0.373 e. The summed E-state index contributed by atoms with van der Waals surface area (Å²) in [5.74, 6) is 2.44. The largest absolute Gasteiger partial charge is 0.373 e. The van der Waals surface area contributed by atoms with E-state index in [1.165, 1.54) is 0 Å². The molecule has 0 amide bonds. The normalized spacial score (nSPS) is 12.5. The summed E-state index contributed by atoms with van der Waals surface area (Å²) in [5, 5.41) is 6.36. The molecule has 0 spiro atoms. The van der Waals surface area contributed by atoms with Crippen molar-refractivity contribution in [2.24, 2.45) is 5.92 Å². The maximum Gasteiger partial charge on any atom is 0.223 e. The Kier molecular flexibility index (Phi) is 5.00. The molecule has 0 aliphatic rings. The first kappa shape index (κ1) is 13.5. The van der Waals surface area contributed by atoms with E-state index in [2.05, 4.69) is 41.4 Å². The van der Waals surface area contributed by atoms with Crippen LogP contribution in [0.2, 0.25) is 0 Å². The topological polar surface area (TPSA) is 75.9 Å². The van der Waals surface area contributed by atoms with E-state index in [4.69, 9.17) is 5.73 Å². The van der Waals surface area contributed by atoms with Crippen LogP contribution in [0.1, 0.15) is 33.6 Å². The fourth-order valence-electron chi connectivity index (χ4n) is 2.01. The standard InChI is InChI=1S/C12H23N5/c1-5-9(6-2)8(3)15-11-7-10(14-4)16-12(13)17-11/h7-9H,5-6H2,1-4H3,(H4,13,14,15,16,17). The van der Waals surface area contributed by atoms with Gasteiger partial charge in [0, 0.05) is 19.2 Å². The Morgan fingerprint density at radius 3 is 2.35 bits per heavy atom. The summed E-state index contributed by atoms with van der Waals surface area (Å²) in [4.78, 5) is 8.25. The first-order chi connectivity index (χ1) is 8.10. The minimum atomic E-state index is 0.288. The molecule has 0 fully saturated rings. The van der Waals surface area contributed by atoms with Crippen LogP contribution in [-0.4, -0.2) is 23.1 Å². The molecule has 5 nitrogen and oxygen atoms in total. The summed E-state index contributed by atoms with van der Waals surface area (Å²) in [6, 6.07) is 2.25. The molecule has 1 atom stereocenters. The maximum absolute atomic E-state index is 5.65. The van der Waals surface area contributed by atoms with E-state index in [9.17, 15) is 0 Å². The average Bonchev–Trinajstić information content (AvgIpc) is 2.29. The van der Waals surface area contributed by atoms with Crippen molar-refractivity contribution in [3.05, 3.63) is 6.07 Å². The summed E-state index contributed by atoms with van der Waals surface area (Å²) in [6.07, 6.45) is 2.31. The number of nitrogens with two attached hydrogens (primary N) is 1. The van der Waals surface area contributed by atoms with Gasteiger partial charge in [-0.25, -0.2) is 0 Å². The van der Waals surface area contributed by atoms with Crippen molar-refractivity contribution in [3.8, 4) is 0 Å². The number of rotatable bonds is 6. The second kappa shape index (κ2) is 6.27. The monoisotopic (exact) mass is 237 g/mol. The molecule has 1 aromatic rings. The number of nitrogens with one attached hydrogen (secondary N) is 2. The zero-order chi connectivity index (χ0) is 12.8. The fourth-order valence-corrected chi connectivity index (χ4v) is 2.01. The molecule has 0 radical (unpaired) electrons. The molecule has 1 aromatic heterocycles. The summed E-state index contributed by atoms with van der Waals surface area (Å²) < 4.78 is 0. The van der Waals surface area contributed by atoms with Crippen LogP contribution < -0.4 is 16.4 Å². The highest BCUT2D eigenvalue weighted by atomic mass is 15.1. The summed E-state index contributed by atoms with van der Waals surface area (Å²) in [6.45, 7) is 6.59. The van der Waals surface area contributed by atoms with Gasteiger partial charge in [-0.05, 0) is 12.8 Å². The van der Waals surface area contributed by atoms with Gasteiger partial charge in [0.15, 0.2) is 0 Å². The third kappa shape index (κ3) is 3.76. The quantitative estimate of drug-likeness (QED) is 0.708. The van der Waals surface area contributed by atoms with E-state index in [0.717, 1.165) is 24.5 Å². The highest BCUT2D eigenvalue weighted by Crippen LogP contribution is 2.18. The summed E-state index contributed by atoms with van der Waals surface area (Å²) >= 11 is 0. The SMILES string of the molecule is CCC(CC)C(C)Nc1cc(NC)nc(N)n1. The molecule has 0 saturated carbocycles. The maximum atomic E-state index is 5.65. The Labute approximate surface area is 103 Å². The Hall–Kier alpha value is -1.52. The second-order valence-electron chi connectivity index (χ2n) is 4.26. The number of hydrogen-bond donors (Lipinski definition) is 3. The molecule has 0 bridgehead atoms. The number of nitrogens with zero attached hydrogens (tertiary/aromatic N) is 2. The lowest BCUT2D eigenvalue weighted by atomic mass is 9.95. The fraction of sp³-hybridized carbons (Fsp3) is 0.667. The third-order valence-electron chi connectivity index (χ3n) is 3.13.